The van der Waals surface area contributed by atoms with Crippen LogP contribution in [-0.2, 0) is 9.59 Å². The lowest BCUT2D eigenvalue weighted by Gasteiger charge is -2.29. The summed E-state index contributed by atoms with van der Waals surface area (Å²) in [5.74, 6) is -0.663. The Hall–Kier alpha value is -2.30. The molecule has 0 aliphatic carbocycles. The molecule has 0 spiro atoms. The topological polar surface area (TPSA) is 40.6 Å². The molecular formula is C21H18Cl2N2O2. The van der Waals surface area contributed by atoms with E-state index in [0.29, 0.717) is 27.0 Å². The van der Waals surface area contributed by atoms with Gasteiger partial charge in [0.05, 0.1) is 11.3 Å². The van der Waals surface area contributed by atoms with Crippen molar-refractivity contribution in [3.05, 3.63) is 69.8 Å². The SMILES string of the molecule is O=C1C(c2ccccc2)=C(N2CCCCC2)C(=O)N1c1cc(Cl)cc(Cl)c1. The fourth-order valence-corrected chi connectivity index (χ4v) is 4.21. The Morgan fingerprint density at radius 3 is 2.04 bits per heavy atom. The molecule has 2 heterocycles. The van der Waals surface area contributed by atoms with Gasteiger partial charge < -0.3 is 4.90 Å². The number of hydrogen-bond acceptors (Lipinski definition) is 3. The van der Waals surface area contributed by atoms with E-state index in [1.54, 1.807) is 18.2 Å². The molecular weight excluding hydrogens is 383 g/mol. The van der Waals surface area contributed by atoms with Gasteiger partial charge in [0, 0.05) is 23.1 Å². The zero-order valence-electron chi connectivity index (χ0n) is 14.6. The highest BCUT2D eigenvalue weighted by Crippen LogP contribution is 2.37. The number of likely N-dealkylation sites (tertiary alicyclic amines) is 1. The molecule has 0 N–H and O–H groups in total. The molecule has 2 aromatic carbocycles. The van der Waals surface area contributed by atoms with E-state index in [1.165, 1.54) is 4.90 Å². The number of anilines is 1. The van der Waals surface area contributed by atoms with Crippen LogP contribution in [0.5, 0.6) is 0 Å². The summed E-state index contributed by atoms with van der Waals surface area (Å²) in [7, 11) is 0. The summed E-state index contributed by atoms with van der Waals surface area (Å²) in [4.78, 5) is 29.9. The molecule has 0 aromatic heterocycles. The first-order valence-corrected chi connectivity index (χ1v) is 9.71. The molecule has 138 valence electrons. The van der Waals surface area contributed by atoms with Gasteiger partial charge in [0.15, 0.2) is 0 Å². The van der Waals surface area contributed by atoms with Crippen LogP contribution in [0.25, 0.3) is 5.57 Å². The molecule has 4 nitrogen and oxygen atoms in total. The summed E-state index contributed by atoms with van der Waals surface area (Å²) in [5.41, 5.74) is 2.05. The Balaban J connectivity index is 1.84. The van der Waals surface area contributed by atoms with Crippen LogP contribution >= 0.6 is 23.2 Å². The monoisotopic (exact) mass is 400 g/mol. The van der Waals surface area contributed by atoms with Crippen molar-refractivity contribution < 1.29 is 9.59 Å². The summed E-state index contributed by atoms with van der Waals surface area (Å²) in [6.07, 6.45) is 3.16. The van der Waals surface area contributed by atoms with Crippen LogP contribution in [0, 0.1) is 0 Å². The summed E-state index contributed by atoms with van der Waals surface area (Å²) < 4.78 is 0. The summed E-state index contributed by atoms with van der Waals surface area (Å²) in [6.45, 7) is 1.55. The van der Waals surface area contributed by atoms with Crippen LogP contribution in [0.2, 0.25) is 10.0 Å². The number of hydrogen-bond donors (Lipinski definition) is 0. The van der Waals surface area contributed by atoms with Gasteiger partial charge in [-0.2, -0.15) is 0 Å². The first kappa shape index (κ1) is 18.1. The third-order valence-electron chi connectivity index (χ3n) is 4.90. The van der Waals surface area contributed by atoms with Gasteiger partial charge in [0.25, 0.3) is 11.8 Å². The predicted octanol–water partition coefficient (Wildman–Crippen LogP) is 4.76. The highest BCUT2D eigenvalue weighted by Gasteiger charge is 2.42. The van der Waals surface area contributed by atoms with Crippen molar-refractivity contribution in [2.45, 2.75) is 19.3 Å². The lowest BCUT2D eigenvalue weighted by molar-refractivity contribution is -0.120. The van der Waals surface area contributed by atoms with Crippen LogP contribution in [0.15, 0.2) is 54.2 Å². The molecule has 4 rings (SSSR count). The zero-order valence-corrected chi connectivity index (χ0v) is 16.1. The quantitative estimate of drug-likeness (QED) is 0.697. The summed E-state index contributed by atoms with van der Waals surface area (Å²) in [6, 6.07) is 14.1. The lowest BCUT2D eigenvalue weighted by atomic mass is 10.0. The Morgan fingerprint density at radius 1 is 0.778 bits per heavy atom. The molecule has 0 bridgehead atoms. The molecule has 27 heavy (non-hydrogen) atoms. The van der Waals surface area contributed by atoms with Gasteiger partial charge in [0.2, 0.25) is 0 Å². The number of piperidine rings is 1. The maximum absolute atomic E-state index is 13.3. The number of amides is 2. The van der Waals surface area contributed by atoms with Crippen molar-refractivity contribution in [1.82, 2.24) is 4.90 Å². The van der Waals surface area contributed by atoms with Crippen molar-refractivity contribution in [3.63, 3.8) is 0 Å². The molecule has 2 aromatic rings. The first-order valence-electron chi connectivity index (χ1n) is 8.96. The second-order valence-electron chi connectivity index (χ2n) is 6.71. The standard InChI is InChI=1S/C21H18Cl2N2O2/c22-15-11-16(23)13-17(12-15)25-20(26)18(14-7-3-1-4-8-14)19(21(25)27)24-9-5-2-6-10-24/h1,3-4,7-8,11-13H,2,5-6,9-10H2. The predicted molar refractivity (Wildman–Crippen MR) is 108 cm³/mol. The molecule has 2 aliphatic heterocycles. The number of carbonyl (C=O) groups is 2. The van der Waals surface area contributed by atoms with Gasteiger partial charge >= 0.3 is 0 Å². The van der Waals surface area contributed by atoms with E-state index < -0.39 is 0 Å². The minimum absolute atomic E-state index is 0.320. The molecule has 0 saturated carbocycles. The van der Waals surface area contributed by atoms with E-state index in [-0.39, 0.29) is 11.8 Å². The van der Waals surface area contributed by atoms with Gasteiger partial charge in [-0.25, -0.2) is 4.90 Å². The average molecular weight is 401 g/mol. The lowest BCUT2D eigenvalue weighted by Crippen LogP contribution is -2.37. The average Bonchev–Trinajstić information content (AvgIpc) is 2.92. The second-order valence-corrected chi connectivity index (χ2v) is 7.58. The Morgan fingerprint density at radius 2 is 1.41 bits per heavy atom. The van der Waals surface area contributed by atoms with Gasteiger partial charge in [-0.3, -0.25) is 9.59 Å². The van der Waals surface area contributed by atoms with Crippen LogP contribution in [0.1, 0.15) is 24.8 Å². The molecule has 2 amide bonds. The first-order chi connectivity index (χ1) is 13.1. The number of nitrogens with zero attached hydrogens (tertiary/aromatic N) is 2. The fraction of sp³-hybridized carbons (Fsp3) is 0.238. The van der Waals surface area contributed by atoms with Crippen LogP contribution in [0.3, 0.4) is 0 Å². The van der Waals surface area contributed by atoms with Gasteiger partial charge in [-0.15, -0.1) is 0 Å². The normalized spacial score (nSPS) is 17.9. The van der Waals surface area contributed by atoms with E-state index in [1.807, 2.05) is 35.2 Å². The Labute approximate surface area is 168 Å². The largest absolute Gasteiger partial charge is 0.366 e. The maximum atomic E-state index is 13.3. The van der Waals surface area contributed by atoms with E-state index in [0.717, 1.165) is 37.9 Å². The highest BCUT2D eigenvalue weighted by molar-refractivity contribution is 6.46. The van der Waals surface area contributed by atoms with Crippen LogP contribution < -0.4 is 4.90 Å². The van der Waals surface area contributed by atoms with Gasteiger partial charge in [-0.1, -0.05) is 53.5 Å². The van der Waals surface area contributed by atoms with Gasteiger partial charge in [0.1, 0.15) is 5.70 Å². The molecule has 1 saturated heterocycles. The molecule has 0 atom stereocenters. The summed E-state index contributed by atoms with van der Waals surface area (Å²) >= 11 is 12.2. The number of halogens is 2. The number of carbonyl (C=O) groups excluding carboxylic acids is 2. The number of imide groups is 1. The number of rotatable bonds is 3. The van der Waals surface area contributed by atoms with Crippen molar-refractivity contribution in [2.24, 2.45) is 0 Å². The fourth-order valence-electron chi connectivity index (χ4n) is 3.70. The third kappa shape index (κ3) is 3.35. The Kier molecular flexibility index (Phi) is 4.94. The maximum Gasteiger partial charge on any atom is 0.282 e. The smallest absolute Gasteiger partial charge is 0.282 e. The van der Waals surface area contributed by atoms with E-state index in [9.17, 15) is 9.59 Å². The van der Waals surface area contributed by atoms with Gasteiger partial charge in [-0.05, 0) is 43.0 Å². The summed E-state index contributed by atoms with van der Waals surface area (Å²) in [5, 5.41) is 0.761. The molecule has 6 heteroatoms. The van der Waals surface area contributed by atoms with Crippen LogP contribution in [-0.4, -0.2) is 29.8 Å². The molecule has 1 fully saturated rings. The molecule has 2 aliphatic rings. The van der Waals surface area contributed by atoms with E-state index in [4.69, 9.17) is 23.2 Å². The number of benzene rings is 2. The Bertz CT molecular complexity index is 914. The van der Waals surface area contributed by atoms with Crippen LogP contribution in [0.4, 0.5) is 5.69 Å². The van der Waals surface area contributed by atoms with E-state index >= 15 is 0 Å². The molecule has 0 unspecified atom stereocenters. The van der Waals surface area contributed by atoms with Crippen molar-refractivity contribution in [2.75, 3.05) is 18.0 Å². The highest BCUT2D eigenvalue weighted by atomic mass is 35.5. The van der Waals surface area contributed by atoms with Crippen molar-refractivity contribution >= 4 is 46.3 Å². The van der Waals surface area contributed by atoms with Crippen molar-refractivity contribution in [3.8, 4) is 0 Å². The van der Waals surface area contributed by atoms with E-state index in [2.05, 4.69) is 0 Å². The minimum Gasteiger partial charge on any atom is -0.366 e. The minimum atomic E-state index is -0.342. The molecule has 0 radical (unpaired) electrons. The zero-order chi connectivity index (χ0) is 19.0. The third-order valence-corrected chi connectivity index (χ3v) is 5.34. The second kappa shape index (κ2) is 7.37. The van der Waals surface area contributed by atoms with Crippen molar-refractivity contribution in [1.29, 1.82) is 0 Å².